The van der Waals surface area contributed by atoms with Crippen LogP contribution >= 0.6 is 0 Å². The molecule has 1 aliphatic heterocycles. The Balaban J connectivity index is 1.65. The van der Waals surface area contributed by atoms with Crippen LogP contribution in [-0.2, 0) is 0 Å². The summed E-state index contributed by atoms with van der Waals surface area (Å²) >= 11 is 0. The molecule has 0 atom stereocenters. The number of nitro groups is 1. The van der Waals surface area contributed by atoms with E-state index < -0.39 is 4.92 Å². The largest absolute Gasteiger partial charge is 0.487 e. The van der Waals surface area contributed by atoms with Gasteiger partial charge in [-0.25, -0.2) is 0 Å². The summed E-state index contributed by atoms with van der Waals surface area (Å²) < 4.78 is 5.54. The molecule has 0 radical (unpaired) electrons. The number of nitro benzene ring substituents is 1. The molecule has 1 aliphatic rings. The molecule has 0 spiro atoms. The van der Waals surface area contributed by atoms with Gasteiger partial charge < -0.3 is 14.5 Å². The van der Waals surface area contributed by atoms with E-state index in [0.29, 0.717) is 12.4 Å². The highest BCUT2D eigenvalue weighted by atomic mass is 16.6. The van der Waals surface area contributed by atoms with Crippen molar-refractivity contribution in [3.05, 3.63) is 34.4 Å². The van der Waals surface area contributed by atoms with Crippen LogP contribution in [0.4, 0.5) is 5.69 Å². The number of nitrogens with zero attached hydrogens (tertiary/aromatic N) is 3. The van der Waals surface area contributed by atoms with E-state index in [0.717, 1.165) is 45.6 Å². The fourth-order valence-corrected chi connectivity index (χ4v) is 2.42. The van der Waals surface area contributed by atoms with Gasteiger partial charge in [0, 0.05) is 32.2 Å². The van der Waals surface area contributed by atoms with Crippen LogP contribution in [0.2, 0.25) is 0 Å². The first-order chi connectivity index (χ1) is 10.2. The zero-order valence-electron chi connectivity index (χ0n) is 12.5. The molecule has 6 heteroatoms. The summed E-state index contributed by atoms with van der Waals surface area (Å²) in [7, 11) is 2.15. The average Bonchev–Trinajstić information content (AvgIpc) is 2.49. The van der Waals surface area contributed by atoms with Gasteiger partial charge in [0.2, 0.25) is 0 Å². The SMILES string of the molecule is CN1CCN(CCCCOc2ccccc2[N+](=O)[O-])CC1. The molecule has 1 aromatic carbocycles. The Hall–Kier alpha value is -1.66. The predicted octanol–water partition coefficient (Wildman–Crippen LogP) is 2.00. The van der Waals surface area contributed by atoms with Gasteiger partial charge in [0.25, 0.3) is 0 Å². The second-order valence-electron chi connectivity index (χ2n) is 5.43. The zero-order chi connectivity index (χ0) is 15.1. The molecule has 1 aromatic rings. The van der Waals surface area contributed by atoms with Gasteiger partial charge in [-0.1, -0.05) is 12.1 Å². The molecule has 0 amide bonds. The third-order valence-electron chi connectivity index (χ3n) is 3.78. The molecule has 0 aliphatic carbocycles. The number of benzene rings is 1. The van der Waals surface area contributed by atoms with E-state index in [1.54, 1.807) is 18.2 Å². The molecule has 116 valence electrons. The highest BCUT2D eigenvalue weighted by Gasteiger charge is 2.14. The number of unbranched alkanes of at least 4 members (excludes halogenated alkanes) is 1. The number of hydrogen-bond acceptors (Lipinski definition) is 5. The summed E-state index contributed by atoms with van der Waals surface area (Å²) in [5.41, 5.74) is 0.0385. The Morgan fingerprint density at radius 1 is 1.19 bits per heavy atom. The normalized spacial score (nSPS) is 16.8. The van der Waals surface area contributed by atoms with Crippen LogP contribution in [0.5, 0.6) is 5.75 Å². The summed E-state index contributed by atoms with van der Waals surface area (Å²) in [4.78, 5) is 15.3. The molecule has 0 unspecified atom stereocenters. The van der Waals surface area contributed by atoms with Crippen molar-refractivity contribution in [2.24, 2.45) is 0 Å². The van der Waals surface area contributed by atoms with E-state index in [4.69, 9.17) is 4.74 Å². The van der Waals surface area contributed by atoms with E-state index in [9.17, 15) is 10.1 Å². The summed E-state index contributed by atoms with van der Waals surface area (Å²) in [6.07, 6.45) is 1.97. The quantitative estimate of drug-likeness (QED) is 0.437. The first-order valence-electron chi connectivity index (χ1n) is 7.44. The van der Waals surface area contributed by atoms with Gasteiger partial charge in [-0.15, -0.1) is 0 Å². The van der Waals surface area contributed by atoms with Gasteiger partial charge in [-0.05, 0) is 32.5 Å². The number of likely N-dealkylation sites (N-methyl/N-ethyl adjacent to an activating group) is 1. The summed E-state index contributed by atoms with van der Waals surface area (Å²) in [5, 5.41) is 10.9. The fourth-order valence-electron chi connectivity index (χ4n) is 2.42. The van der Waals surface area contributed by atoms with Crippen LogP contribution in [0.25, 0.3) is 0 Å². The molecular weight excluding hydrogens is 270 g/mol. The molecule has 6 nitrogen and oxygen atoms in total. The number of piperazine rings is 1. The molecule has 1 heterocycles. The second-order valence-corrected chi connectivity index (χ2v) is 5.43. The Labute approximate surface area is 125 Å². The van der Waals surface area contributed by atoms with Crippen molar-refractivity contribution in [2.45, 2.75) is 12.8 Å². The lowest BCUT2D eigenvalue weighted by Gasteiger charge is -2.32. The van der Waals surface area contributed by atoms with Crippen molar-refractivity contribution in [1.29, 1.82) is 0 Å². The number of ether oxygens (including phenoxy) is 1. The lowest BCUT2D eigenvalue weighted by atomic mass is 10.2. The molecule has 1 fully saturated rings. The molecule has 0 aromatic heterocycles. The van der Waals surface area contributed by atoms with Crippen LogP contribution in [0.15, 0.2) is 24.3 Å². The predicted molar refractivity (Wildman–Crippen MR) is 81.8 cm³/mol. The van der Waals surface area contributed by atoms with E-state index >= 15 is 0 Å². The smallest absolute Gasteiger partial charge is 0.310 e. The van der Waals surface area contributed by atoms with Crippen LogP contribution in [-0.4, -0.2) is 61.1 Å². The first-order valence-corrected chi connectivity index (χ1v) is 7.44. The van der Waals surface area contributed by atoms with Crippen molar-refractivity contribution in [3.63, 3.8) is 0 Å². The van der Waals surface area contributed by atoms with Gasteiger partial charge in [0.05, 0.1) is 11.5 Å². The fraction of sp³-hybridized carbons (Fsp3) is 0.600. The number of rotatable bonds is 7. The van der Waals surface area contributed by atoms with Crippen molar-refractivity contribution in [1.82, 2.24) is 9.80 Å². The molecule has 2 rings (SSSR count). The van der Waals surface area contributed by atoms with Crippen LogP contribution in [0, 0.1) is 10.1 Å². The van der Waals surface area contributed by atoms with Gasteiger partial charge >= 0.3 is 5.69 Å². The Morgan fingerprint density at radius 3 is 2.62 bits per heavy atom. The standard InChI is InChI=1S/C15H23N3O3/c1-16-9-11-17(12-10-16)8-4-5-13-21-15-7-3-2-6-14(15)18(19)20/h2-3,6-7H,4-5,8-13H2,1H3. The summed E-state index contributed by atoms with van der Waals surface area (Å²) in [5.74, 6) is 0.363. The highest BCUT2D eigenvalue weighted by molar-refractivity contribution is 5.45. The highest BCUT2D eigenvalue weighted by Crippen LogP contribution is 2.25. The minimum Gasteiger partial charge on any atom is -0.487 e. The van der Waals surface area contributed by atoms with E-state index in [1.165, 1.54) is 6.07 Å². The van der Waals surface area contributed by atoms with Crippen molar-refractivity contribution < 1.29 is 9.66 Å². The second kappa shape index (κ2) is 7.95. The maximum absolute atomic E-state index is 10.9. The van der Waals surface area contributed by atoms with Crippen molar-refractivity contribution >= 4 is 5.69 Å². The molecule has 0 saturated carbocycles. The van der Waals surface area contributed by atoms with Crippen molar-refractivity contribution in [3.8, 4) is 5.75 Å². The first kappa shape index (κ1) is 15.7. The number of para-hydroxylation sites is 2. The van der Waals surface area contributed by atoms with Crippen molar-refractivity contribution in [2.75, 3.05) is 46.4 Å². The van der Waals surface area contributed by atoms with Gasteiger partial charge in [-0.3, -0.25) is 10.1 Å². The lowest BCUT2D eigenvalue weighted by Crippen LogP contribution is -2.44. The summed E-state index contributed by atoms with van der Waals surface area (Å²) in [6.45, 7) is 6.12. The van der Waals surface area contributed by atoms with Crippen LogP contribution < -0.4 is 4.74 Å². The molecule has 0 bridgehead atoms. The van der Waals surface area contributed by atoms with E-state index in [-0.39, 0.29) is 5.69 Å². The Bertz CT molecular complexity index is 459. The zero-order valence-corrected chi connectivity index (χ0v) is 12.5. The van der Waals surface area contributed by atoms with Crippen LogP contribution in [0.3, 0.4) is 0 Å². The Morgan fingerprint density at radius 2 is 1.90 bits per heavy atom. The summed E-state index contributed by atoms with van der Waals surface area (Å²) in [6, 6.07) is 6.53. The minimum absolute atomic E-state index is 0.0385. The molecular formula is C15H23N3O3. The lowest BCUT2D eigenvalue weighted by molar-refractivity contribution is -0.385. The van der Waals surface area contributed by atoms with E-state index in [2.05, 4.69) is 16.8 Å². The molecule has 1 saturated heterocycles. The maximum atomic E-state index is 10.9. The minimum atomic E-state index is -0.403. The maximum Gasteiger partial charge on any atom is 0.310 e. The van der Waals surface area contributed by atoms with E-state index in [1.807, 2.05) is 0 Å². The van der Waals surface area contributed by atoms with Crippen LogP contribution in [0.1, 0.15) is 12.8 Å². The number of hydrogen-bond donors (Lipinski definition) is 0. The molecule has 21 heavy (non-hydrogen) atoms. The third kappa shape index (κ3) is 4.99. The van der Waals surface area contributed by atoms with Gasteiger partial charge in [0.1, 0.15) is 0 Å². The molecule has 0 N–H and O–H groups in total. The average molecular weight is 293 g/mol. The van der Waals surface area contributed by atoms with Gasteiger partial charge in [0.15, 0.2) is 5.75 Å². The van der Waals surface area contributed by atoms with Gasteiger partial charge in [-0.2, -0.15) is 0 Å². The third-order valence-corrected chi connectivity index (χ3v) is 3.78. The topological polar surface area (TPSA) is 58.8 Å². The monoisotopic (exact) mass is 293 g/mol. The Kier molecular flexibility index (Phi) is 5.95.